The van der Waals surface area contributed by atoms with Crippen molar-refractivity contribution in [2.75, 3.05) is 5.73 Å². The Morgan fingerprint density at radius 2 is 2.29 bits per heavy atom. The van der Waals surface area contributed by atoms with Crippen LogP contribution in [0.15, 0.2) is 18.3 Å². The number of anilines is 1. The molecule has 0 bridgehead atoms. The maximum atomic E-state index is 11.0. The molecule has 0 aromatic carbocycles. The molecule has 0 saturated carbocycles. The largest absolute Gasteiger partial charge is 0.477 e. The Labute approximate surface area is 96.2 Å². The molecule has 2 aromatic heterocycles. The number of carbonyl (C=O) groups is 1. The van der Waals surface area contributed by atoms with E-state index in [4.69, 9.17) is 15.6 Å². The van der Waals surface area contributed by atoms with Crippen molar-refractivity contribution in [2.45, 2.75) is 6.92 Å². The summed E-state index contributed by atoms with van der Waals surface area (Å²) in [5.74, 6) is -0.951. The molecule has 2 rings (SSSR count). The standard InChI is InChI=1S/C10H10N4O3/c1-5-2-8(14-13-5)17-9-7(10(15)16)3-6(11)4-12-9/h2-4H,11H2,1H3,(H,13,14)(H,15,16). The van der Waals surface area contributed by atoms with Crippen LogP contribution in [-0.2, 0) is 0 Å². The van der Waals surface area contributed by atoms with Crippen LogP contribution in [0.3, 0.4) is 0 Å². The summed E-state index contributed by atoms with van der Waals surface area (Å²) in [6, 6.07) is 2.91. The van der Waals surface area contributed by atoms with E-state index in [9.17, 15) is 4.79 Å². The number of nitrogen functional groups attached to an aromatic ring is 1. The summed E-state index contributed by atoms with van der Waals surface area (Å²) in [5, 5.41) is 15.5. The van der Waals surface area contributed by atoms with Crippen LogP contribution < -0.4 is 10.5 Å². The average molecular weight is 234 g/mol. The molecule has 88 valence electrons. The normalized spacial score (nSPS) is 10.2. The Morgan fingerprint density at radius 3 is 2.88 bits per heavy atom. The summed E-state index contributed by atoms with van der Waals surface area (Å²) in [4.78, 5) is 14.8. The highest BCUT2D eigenvalue weighted by Crippen LogP contribution is 2.23. The molecule has 7 nitrogen and oxygen atoms in total. The van der Waals surface area contributed by atoms with Crippen molar-refractivity contribution in [3.05, 3.63) is 29.6 Å². The van der Waals surface area contributed by atoms with E-state index in [2.05, 4.69) is 15.2 Å². The zero-order valence-electron chi connectivity index (χ0n) is 8.97. The van der Waals surface area contributed by atoms with Gasteiger partial charge in [0, 0.05) is 11.8 Å². The molecule has 0 atom stereocenters. The first-order valence-corrected chi connectivity index (χ1v) is 4.75. The predicted molar refractivity (Wildman–Crippen MR) is 59.0 cm³/mol. The highest BCUT2D eigenvalue weighted by Gasteiger charge is 2.15. The van der Waals surface area contributed by atoms with E-state index < -0.39 is 5.97 Å². The Kier molecular flexibility index (Phi) is 2.65. The van der Waals surface area contributed by atoms with Gasteiger partial charge in [-0.3, -0.25) is 5.10 Å². The topological polar surface area (TPSA) is 114 Å². The van der Waals surface area contributed by atoms with Gasteiger partial charge in [0.25, 0.3) is 0 Å². The Morgan fingerprint density at radius 1 is 1.53 bits per heavy atom. The van der Waals surface area contributed by atoms with E-state index in [1.54, 1.807) is 13.0 Å². The van der Waals surface area contributed by atoms with Crippen LogP contribution in [0.5, 0.6) is 11.8 Å². The molecule has 0 saturated heterocycles. The fourth-order valence-electron chi connectivity index (χ4n) is 1.25. The number of hydrogen-bond acceptors (Lipinski definition) is 5. The van der Waals surface area contributed by atoms with Gasteiger partial charge in [-0.25, -0.2) is 9.78 Å². The minimum Gasteiger partial charge on any atom is -0.477 e. The number of aromatic carboxylic acids is 1. The van der Waals surface area contributed by atoms with Gasteiger partial charge in [-0.1, -0.05) is 0 Å². The lowest BCUT2D eigenvalue weighted by atomic mass is 10.2. The minimum atomic E-state index is -1.16. The van der Waals surface area contributed by atoms with Crippen LogP contribution in [0.2, 0.25) is 0 Å². The highest BCUT2D eigenvalue weighted by molar-refractivity contribution is 5.91. The molecule has 0 fully saturated rings. The van der Waals surface area contributed by atoms with Crippen LogP contribution in [0, 0.1) is 6.92 Å². The first-order valence-electron chi connectivity index (χ1n) is 4.75. The number of nitrogens with two attached hydrogens (primary N) is 1. The van der Waals surface area contributed by atoms with Crippen LogP contribution >= 0.6 is 0 Å². The van der Waals surface area contributed by atoms with Crippen LogP contribution in [0.4, 0.5) is 5.69 Å². The molecule has 0 aliphatic heterocycles. The van der Waals surface area contributed by atoms with E-state index in [0.29, 0.717) is 0 Å². The van der Waals surface area contributed by atoms with Crippen molar-refractivity contribution < 1.29 is 14.6 Å². The number of carboxylic acids is 1. The third-order valence-electron chi connectivity index (χ3n) is 1.99. The van der Waals surface area contributed by atoms with Gasteiger partial charge in [0.1, 0.15) is 5.56 Å². The monoisotopic (exact) mass is 234 g/mol. The Bertz CT molecular complexity index is 564. The fourth-order valence-corrected chi connectivity index (χ4v) is 1.25. The maximum absolute atomic E-state index is 11.0. The van der Waals surface area contributed by atoms with Crippen molar-refractivity contribution in [3.8, 4) is 11.8 Å². The van der Waals surface area contributed by atoms with Crippen LogP contribution in [0.25, 0.3) is 0 Å². The molecule has 0 aliphatic carbocycles. The number of hydrogen-bond donors (Lipinski definition) is 3. The molecule has 2 heterocycles. The zero-order chi connectivity index (χ0) is 12.4. The van der Waals surface area contributed by atoms with E-state index in [1.807, 2.05) is 0 Å². The first kappa shape index (κ1) is 10.9. The molecule has 17 heavy (non-hydrogen) atoms. The second-order valence-corrected chi connectivity index (χ2v) is 3.42. The molecule has 0 amide bonds. The highest BCUT2D eigenvalue weighted by atomic mass is 16.5. The van der Waals surface area contributed by atoms with Crippen molar-refractivity contribution >= 4 is 11.7 Å². The third kappa shape index (κ3) is 2.33. The number of ether oxygens (including phenoxy) is 1. The number of aryl methyl sites for hydroxylation is 1. The summed E-state index contributed by atoms with van der Waals surface area (Å²) in [6.45, 7) is 1.80. The van der Waals surface area contributed by atoms with Crippen molar-refractivity contribution in [1.82, 2.24) is 15.2 Å². The quantitative estimate of drug-likeness (QED) is 0.734. The number of nitrogens with zero attached hydrogens (tertiary/aromatic N) is 2. The van der Waals surface area contributed by atoms with Gasteiger partial charge in [0.2, 0.25) is 11.8 Å². The van der Waals surface area contributed by atoms with Gasteiger partial charge in [0.15, 0.2) is 0 Å². The molecule has 0 aliphatic rings. The fraction of sp³-hybridized carbons (Fsp3) is 0.100. The number of aromatic amines is 1. The van der Waals surface area contributed by atoms with E-state index in [1.165, 1.54) is 12.3 Å². The summed E-state index contributed by atoms with van der Waals surface area (Å²) < 4.78 is 5.26. The summed E-state index contributed by atoms with van der Waals surface area (Å²) in [5.41, 5.74) is 6.41. The van der Waals surface area contributed by atoms with Crippen molar-refractivity contribution in [3.63, 3.8) is 0 Å². The van der Waals surface area contributed by atoms with Crippen molar-refractivity contribution in [1.29, 1.82) is 0 Å². The Balaban J connectivity index is 2.35. The third-order valence-corrected chi connectivity index (χ3v) is 1.99. The molecule has 0 unspecified atom stereocenters. The molecule has 0 spiro atoms. The van der Waals surface area contributed by atoms with Gasteiger partial charge in [-0.2, -0.15) is 0 Å². The first-order chi connectivity index (χ1) is 8.06. The minimum absolute atomic E-state index is 0.0433. The number of rotatable bonds is 3. The predicted octanol–water partition coefficient (Wildman–Crippen LogP) is 1.19. The molecular weight excluding hydrogens is 224 g/mol. The van der Waals surface area contributed by atoms with Gasteiger partial charge in [-0.05, 0) is 13.0 Å². The number of nitrogens with one attached hydrogen (secondary N) is 1. The number of H-pyrrole nitrogens is 1. The summed E-state index contributed by atoms with van der Waals surface area (Å²) in [6.07, 6.45) is 1.32. The smallest absolute Gasteiger partial charge is 0.341 e. The lowest BCUT2D eigenvalue weighted by Crippen LogP contribution is -2.03. The molecular formula is C10H10N4O3. The second-order valence-electron chi connectivity index (χ2n) is 3.42. The molecule has 7 heteroatoms. The lowest BCUT2D eigenvalue weighted by Gasteiger charge is -2.05. The lowest BCUT2D eigenvalue weighted by molar-refractivity contribution is 0.0693. The number of aromatic nitrogens is 3. The van der Waals surface area contributed by atoms with E-state index in [0.717, 1.165) is 5.69 Å². The van der Waals surface area contributed by atoms with E-state index in [-0.39, 0.29) is 23.0 Å². The van der Waals surface area contributed by atoms with Crippen LogP contribution in [0.1, 0.15) is 16.1 Å². The summed E-state index contributed by atoms with van der Waals surface area (Å²) in [7, 11) is 0. The molecule has 0 radical (unpaired) electrons. The molecule has 2 aromatic rings. The maximum Gasteiger partial charge on any atom is 0.341 e. The van der Waals surface area contributed by atoms with Crippen LogP contribution in [-0.4, -0.2) is 26.3 Å². The Hall–Kier alpha value is -2.57. The van der Waals surface area contributed by atoms with Gasteiger partial charge >= 0.3 is 5.97 Å². The van der Waals surface area contributed by atoms with Gasteiger partial charge in [-0.15, -0.1) is 5.10 Å². The molecule has 4 N–H and O–H groups in total. The van der Waals surface area contributed by atoms with Gasteiger partial charge < -0.3 is 15.6 Å². The SMILES string of the molecule is Cc1cc(Oc2ncc(N)cc2C(=O)O)n[nH]1. The van der Waals surface area contributed by atoms with E-state index >= 15 is 0 Å². The van der Waals surface area contributed by atoms with Crippen molar-refractivity contribution in [2.24, 2.45) is 0 Å². The zero-order valence-corrected chi connectivity index (χ0v) is 8.97. The summed E-state index contributed by atoms with van der Waals surface area (Å²) >= 11 is 0. The number of carboxylic acid groups (broad SMARTS) is 1. The number of pyridine rings is 1. The van der Waals surface area contributed by atoms with Gasteiger partial charge in [0.05, 0.1) is 11.9 Å². The average Bonchev–Trinajstić information content (AvgIpc) is 2.66. The second kappa shape index (κ2) is 4.12.